The molecule has 2 atom stereocenters. The molecule has 3 rings (SSSR count). The third-order valence-corrected chi connectivity index (χ3v) is 8.98. The van der Waals surface area contributed by atoms with Crippen LogP contribution in [0.5, 0.6) is 0 Å². The molecule has 0 bridgehead atoms. The third-order valence-electron chi connectivity index (χ3n) is 6.75. The van der Waals surface area contributed by atoms with E-state index in [1.54, 1.807) is 17.8 Å². The fourth-order valence-corrected chi connectivity index (χ4v) is 5.93. The molecule has 0 saturated carbocycles. The summed E-state index contributed by atoms with van der Waals surface area (Å²) in [5.41, 5.74) is 7.08. The Morgan fingerprint density at radius 1 is 0.935 bits per heavy atom. The number of hydrogen-bond donors (Lipinski definition) is 2. The number of hydrogen-bond acceptors (Lipinski definition) is 8. The standard InChI is InChI=1S/C29H41F5N5O5PS/c1-24(20-39-22-38-27-28(35)36-21-37-29(27)39)43-23-45(40,41)44-19-11-18-42-17-10-8-6-4-2-3-5-7-9-12-25-13-15-26(16-14-25)46(30,31,32,33)34/h13-16,21-22,24H,2-8,10-11,17-20,23H2,1H3,(H,40,41)(H2,35,36,37)/t24-/m1/s1. The predicted octanol–water partition coefficient (Wildman–Crippen LogP) is 8.21. The molecule has 0 aliphatic rings. The highest BCUT2D eigenvalue weighted by Gasteiger charge is 2.65. The van der Waals surface area contributed by atoms with Gasteiger partial charge in [-0.2, -0.15) is 0 Å². The summed E-state index contributed by atoms with van der Waals surface area (Å²) in [4.78, 5) is 20.4. The first-order valence-electron chi connectivity index (χ1n) is 14.9. The first-order chi connectivity index (χ1) is 21.5. The van der Waals surface area contributed by atoms with Crippen molar-refractivity contribution in [3.05, 3.63) is 42.5 Å². The molecule has 3 aromatic rings. The molecule has 0 aliphatic carbocycles. The highest BCUT2D eigenvalue weighted by molar-refractivity contribution is 8.45. The number of nitrogen functional groups attached to an aromatic ring is 1. The highest BCUT2D eigenvalue weighted by Crippen LogP contribution is 3.02. The zero-order chi connectivity index (χ0) is 33.7. The lowest BCUT2D eigenvalue weighted by Crippen LogP contribution is -2.17. The molecule has 0 spiro atoms. The first-order valence-corrected chi connectivity index (χ1v) is 18.7. The lowest BCUT2D eigenvalue weighted by molar-refractivity contribution is 0.0688. The maximum atomic E-state index is 12.7. The minimum absolute atomic E-state index is 0.0719. The maximum absolute atomic E-state index is 12.7. The summed E-state index contributed by atoms with van der Waals surface area (Å²) in [6.45, 7) is 3.19. The SMILES string of the molecule is C[C@H](Cn1cnc2c(N)ncnc21)OCP(=O)(O)OCCCOCCCCCCCCCC#Cc1ccc(S(F)(F)(F)(F)F)cc1. The predicted molar refractivity (Wildman–Crippen MR) is 168 cm³/mol. The van der Waals surface area contributed by atoms with Gasteiger partial charge in [0.1, 0.15) is 23.1 Å². The molecular weight excluding hydrogens is 656 g/mol. The Labute approximate surface area is 265 Å². The van der Waals surface area contributed by atoms with Gasteiger partial charge in [-0.05, 0) is 50.5 Å². The van der Waals surface area contributed by atoms with Crippen molar-refractivity contribution in [1.82, 2.24) is 19.5 Å². The van der Waals surface area contributed by atoms with E-state index < -0.39 is 35.2 Å². The van der Waals surface area contributed by atoms with Crippen LogP contribution in [-0.2, 0) is 25.1 Å². The van der Waals surface area contributed by atoms with Crippen molar-refractivity contribution >= 4 is 34.8 Å². The lowest BCUT2D eigenvalue weighted by atomic mass is 10.1. The molecule has 0 amide bonds. The van der Waals surface area contributed by atoms with E-state index in [4.69, 9.17) is 19.7 Å². The van der Waals surface area contributed by atoms with Gasteiger partial charge in [0, 0.05) is 25.2 Å². The summed E-state index contributed by atoms with van der Waals surface area (Å²) < 4.78 is 94.0. The summed E-state index contributed by atoms with van der Waals surface area (Å²) in [7, 11) is -13.6. The van der Waals surface area contributed by atoms with Gasteiger partial charge in [0.25, 0.3) is 0 Å². The van der Waals surface area contributed by atoms with E-state index >= 15 is 0 Å². The normalized spacial score (nSPS) is 15.5. The van der Waals surface area contributed by atoms with Gasteiger partial charge in [-0.25, -0.2) is 15.0 Å². The van der Waals surface area contributed by atoms with Crippen LogP contribution >= 0.6 is 17.8 Å². The van der Waals surface area contributed by atoms with Crippen LogP contribution in [0.2, 0.25) is 0 Å². The van der Waals surface area contributed by atoms with Crippen molar-refractivity contribution in [2.45, 2.75) is 82.3 Å². The molecule has 0 radical (unpaired) electrons. The van der Waals surface area contributed by atoms with Crippen LogP contribution in [0, 0.1) is 11.8 Å². The molecular formula is C29H41F5N5O5PS. The Morgan fingerprint density at radius 3 is 2.28 bits per heavy atom. The number of anilines is 1. The number of benzene rings is 1. The van der Waals surface area contributed by atoms with Gasteiger partial charge >= 0.3 is 17.8 Å². The molecule has 17 heteroatoms. The maximum Gasteiger partial charge on any atom is 0.353 e. The smallest absolute Gasteiger partial charge is 0.353 e. The van der Waals surface area contributed by atoms with Crippen LogP contribution in [0.1, 0.15) is 70.3 Å². The number of halogens is 5. The molecule has 1 aromatic carbocycles. The van der Waals surface area contributed by atoms with Gasteiger partial charge in [0.05, 0.1) is 25.6 Å². The number of unbranched alkanes of at least 4 members (excludes halogenated alkanes) is 7. The van der Waals surface area contributed by atoms with Gasteiger partial charge < -0.3 is 29.2 Å². The van der Waals surface area contributed by atoms with E-state index in [-0.39, 0.29) is 18.0 Å². The van der Waals surface area contributed by atoms with E-state index in [1.807, 2.05) is 0 Å². The van der Waals surface area contributed by atoms with Crippen LogP contribution in [0.3, 0.4) is 0 Å². The van der Waals surface area contributed by atoms with E-state index in [2.05, 4.69) is 26.8 Å². The van der Waals surface area contributed by atoms with Gasteiger partial charge in [-0.3, -0.25) is 4.57 Å². The van der Waals surface area contributed by atoms with Crippen molar-refractivity contribution in [2.24, 2.45) is 0 Å². The van der Waals surface area contributed by atoms with Gasteiger partial charge in [0.2, 0.25) is 0 Å². The summed E-state index contributed by atoms with van der Waals surface area (Å²) in [6.07, 6.45) is 10.00. The third kappa shape index (κ3) is 13.5. The van der Waals surface area contributed by atoms with Gasteiger partial charge in [-0.1, -0.05) is 63.4 Å². The molecule has 258 valence electrons. The van der Waals surface area contributed by atoms with Crippen molar-refractivity contribution in [1.29, 1.82) is 0 Å². The van der Waals surface area contributed by atoms with E-state index in [0.29, 0.717) is 55.9 Å². The monoisotopic (exact) mass is 697 g/mol. The summed E-state index contributed by atoms with van der Waals surface area (Å²) in [5, 5.41) is 0. The van der Waals surface area contributed by atoms with Crippen molar-refractivity contribution < 1.29 is 42.9 Å². The summed E-state index contributed by atoms with van der Waals surface area (Å²) >= 11 is 0. The molecule has 0 fully saturated rings. The van der Waals surface area contributed by atoms with Crippen LogP contribution in [0.15, 0.2) is 41.8 Å². The molecule has 2 heterocycles. The first kappa shape index (κ1) is 37.7. The Bertz CT molecular complexity index is 1520. The van der Waals surface area contributed by atoms with Crippen molar-refractivity contribution in [3.8, 4) is 11.8 Å². The molecule has 1 unspecified atom stereocenters. The Kier molecular flexibility index (Phi) is 13.0. The lowest BCUT2D eigenvalue weighted by Gasteiger charge is -2.40. The second-order valence-corrected chi connectivity index (χ2v) is 15.1. The number of ether oxygens (including phenoxy) is 2. The molecule has 0 saturated heterocycles. The van der Waals surface area contributed by atoms with E-state index in [9.17, 15) is 28.9 Å². The number of rotatable bonds is 20. The van der Waals surface area contributed by atoms with E-state index in [1.165, 1.54) is 6.33 Å². The molecule has 10 nitrogen and oxygen atoms in total. The quantitative estimate of drug-likeness (QED) is 0.0518. The Balaban J connectivity index is 1.13. The zero-order valence-corrected chi connectivity index (χ0v) is 27.3. The number of aromatic nitrogens is 4. The molecule has 46 heavy (non-hydrogen) atoms. The largest absolute Gasteiger partial charge is 0.382 e. The van der Waals surface area contributed by atoms with Gasteiger partial charge in [-0.15, -0.1) is 0 Å². The van der Waals surface area contributed by atoms with Crippen LogP contribution < -0.4 is 5.73 Å². The molecule has 0 aliphatic heterocycles. The number of fused-ring (bicyclic) bond motifs is 1. The molecule has 2 aromatic heterocycles. The number of nitrogens with zero attached hydrogens (tertiary/aromatic N) is 4. The average Bonchev–Trinajstić information content (AvgIpc) is 3.38. The molecule has 3 N–H and O–H groups in total. The fourth-order valence-electron chi connectivity index (χ4n) is 4.35. The van der Waals surface area contributed by atoms with Crippen molar-refractivity contribution in [2.75, 3.05) is 31.9 Å². The second-order valence-electron chi connectivity index (χ2n) is 10.9. The fraction of sp³-hybridized carbons (Fsp3) is 0.552. The zero-order valence-electron chi connectivity index (χ0n) is 25.6. The minimum atomic E-state index is -9.65. The van der Waals surface area contributed by atoms with Crippen molar-refractivity contribution in [3.63, 3.8) is 0 Å². The summed E-state index contributed by atoms with van der Waals surface area (Å²) in [5.74, 6) is 5.85. The Hall–Kier alpha value is -2.80. The number of imidazole rings is 1. The second kappa shape index (κ2) is 15.9. The van der Waals surface area contributed by atoms with E-state index in [0.717, 1.165) is 57.1 Å². The van der Waals surface area contributed by atoms with Gasteiger partial charge in [0.15, 0.2) is 11.5 Å². The average molecular weight is 698 g/mol. The minimum Gasteiger partial charge on any atom is -0.382 e. The Morgan fingerprint density at radius 2 is 1.59 bits per heavy atom. The van der Waals surface area contributed by atoms with Crippen LogP contribution in [-0.4, -0.2) is 56.7 Å². The topological polar surface area (TPSA) is 135 Å². The highest BCUT2D eigenvalue weighted by atomic mass is 32.5. The summed E-state index contributed by atoms with van der Waals surface area (Å²) in [6, 6.07) is 2.68. The number of nitrogens with two attached hydrogens (primary N) is 1. The van der Waals surface area contributed by atoms with Crippen LogP contribution in [0.25, 0.3) is 11.2 Å². The van der Waals surface area contributed by atoms with Crippen LogP contribution in [0.4, 0.5) is 25.2 Å².